The molecule has 2 N–H and O–H groups in total. The summed E-state index contributed by atoms with van der Waals surface area (Å²) in [6.07, 6.45) is -2.26. The zero-order chi connectivity index (χ0) is 20.0. The van der Waals surface area contributed by atoms with E-state index in [-0.39, 0.29) is 18.3 Å². The number of rotatable bonds is 7. The van der Waals surface area contributed by atoms with Crippen molar-refractivity contribution in [3.63, 3.8) is 0 Å². The molecule has 1 saturated heterocycles. The highest BCUT2D eigenvalue weighted by molar-refractivity contribution is 5.93. The molecule has 0 radical (unpaired) electrons. The molecule has 1 aliphatic rings. The number of anilines is 2. The molecule has 1 heterocycles. The molecule has 0 saturated carbocycles. The topological polar surface area (TPSA) is 59.6 Å². The van der Waals surface area contributed by atoms with E-state index < -0.39 is 17.6 Å². The van der Waals surface area contributed by atoms with Crippen LogP contribution in [0.1, 0.15) is 18.4 Å². The number of carbonyl (C=O) groups is 1. The number of carbonyl (C=O) groups excluding carboxylic acids is 1. The van der Waals surface area contributed by atoms with E-state index in [1.165, 1.54) is 12.1 Å². The molecule has 2 aromatic rings. The zero-order valence-electron chi connectivity index (χ0n) is 15.1. The van der Waals surface area contributed by atoms with E-state index in [2.05, 4.69) is 10.6 Å². The summed E-state index contributed by atoms with van der Waals surface area (Å²) in [7, 11) is 0. The Morgan fingerprint density at radius 3 is 2.61 bits per heavy atom. The second-order valence-electron chi connectivity index (χ2n) is 6.45. The predicted molar refractivity (Wildman–Crippen MR) is 99.5 cm³/mol. The first-order chi connectivity index (χ1) is 13.4. The van der Waals surface area contributed by atoms with Gasteiger partial charge in [-0.15, -0.1) is 0 Å². The van der Waals surface area contributed by atoms with Gasteiger partial charge in [0.25, 0.3) is 0 Å². The van der Waals surface area contributed by atoms with Gasteiger partial charge in [0.15, 0.2) is 0 Å². The van der Waals surface area contributed by atoms with E-state index in [1.54, 1.807) is 24.3 Å². The Bertz CT molecular complexity index is 788. The number of nitrogens with one attached hydrogen (secondary N) is 2. The average molecular weight is 394 g/mol. The van der Waals surface area contributed by atoms with Crippen LogP contribution in [0.3, 0.4) is 0 Å². The Hall–Kier alpha value is -2.74. The summed E-state index contributed by atoms with van der Waals surface area (Å²) in [5.74, 6) is 0.257. The van der Waals surface area contributed by atoms with Crippen LogP contribution >= 0.6 is 0 Å². The van der Waals surface area contributed by atoms with Crippen LogP contribution in [0, 0.1) is 0 Å². The van der Waals surface area contributed by atoms with Gasteiger partial charge in [0.2, 0.25) is 5.91 Å². The van der Waals surface area contributed by atoms with Crippen LogP contribution in [-0.2, 0) is 15.7 Å². The van der Waals surface area contributed by atoms with Crippen molar-refractivity contribution < 1.29 is 27.4 Å². The van der Waals surface area contributed by atoms with E-state index in [4.69, 9.17) is 9.47 Å². The Kier molecular flexibility index (Phi) is 6.41. The molecule has 3 rings (SSSR count). The Morgan fingerprint density at radius 1 is 1.14 bits per heavy atom. The molecule has 0 spiro atoms. The van der Waals surface area contributed by atoms with Gasteiger partial charge in [-0.1, -0.05) is 6.07 Å². The minimum Gasteiger partial charge on any atom is -0.491 e. The van der Waals surface area contributed by atoms with Gasteiger partial charge in [0.1, 0.15) is 12.4 Å². The lowest BCUT2D eigenvalue weighted by Gasteiger charge is -2.12. The van der Waals surface area contributed by atoms with E-state index in [0.717, 1.165) is 31.6 Å². The van der Waals surface area contributed by atoms with Crippen LogP contribution in [0.5, 0.6) is 5.75 Å². The summed E-state index contributed by atoms with van der Waals surface area (Å²) in [6, 6.07) is 11.6. The van der Waals surface area contributed by atoms with Crippen molar-refractivity contribution >= 4 is 17.3 Å². The minimum atomic E-state index is -4.45. The Labute approximate surface area is 160 Å². The Balaban J connectivity index is 1.45. The lowest BCUT2D eigenvalue weighted by molar-refractivity contribution is -0.137. The predicted octanol–water partition coefficient (Wildman–Crippen LogP) is 4.31. The highest BCUT2D eigenvalue weighted by Gasteiger charge is 2.30. The summed E-state index contributed by atoms with van der Waals surface area (Å²) in [5.41, 5.74) is -0.0139. The summed E-state index contributed by atoms with van der Waals surface area (Å²) >= 11 is 0. The zero-order valence-corrected chi connectivity index (χ0v) is 15.1. The molecule has 2 aromatic carbocycles. The molecule has 0 aromatic heterocycles. The largest absolute Gasteiger partial charge is 0.491 e. The maximum absolute atomic E-state index is 12.7. The summed E-state index contributed by atoms with van der Waals surface area (Å²) in [5, 5.41) is 5.37. The van der Waals surface area contributed by atoms with Gasteiger partial charge in [0.05, 0.1) is 18.2 Å². The number of hydrogen-bond donors (Lipinski definition) is 2. The van der Waals surface area contributed by atoms with Gasteiger partial charge in [0, 0.05) is 18.0 Å². The molecule has 0 aliphatic carbocycles. The third kappa shape index (κ3) is 5.88. The first-order valence-electron chi connectivity index (χ1n) is 8.95. The first kappa shape index (κ1) is 20.0. The maximum Gasteiger partial charge on any atom is 0.416 e. The smallest absolute Gasteiger partial charge is 0.416 e. The minimum absolute atomic E-state index is 0.0770. The summed E-state index contributed by atoms with van der Waals surface area (Å²) < 4.78 is 49.3. The van der Waals surface area contributed by atoms with Gasteiger partial charge in [-0.2, -0.15) is 13.2 Å². The van der Waals surface area contributed by atoms with E-state index in [0.29, 0.717) is 18.0 Å². The van der Waals surface area contributed by atoms with Crippen LogP contribution in [0.2, 0.25) is 0 Å². The molecular weight excluding hydrogens is 373 g/mol. The van der Waals surface area contributed by atoms with E-state index in [1.807, 2.05) is 0 Å². The molecule has 1 atom stereocenters. The third-order valence-electron chi connectivity index (χ3n) is 4.24. The molecule has 1 amide bonds. The van der Waals surface area contributed by atoms with Gasteiger partial charge in [-0.25, -0.2) is 0 Å². The van der Waals surface area contributed by atoms with Crippen molar-refractivity contribution in [2.75, 3.05) is 30.4 Å². The second kappa shape index (κ2) is 8.97. The third-order valence-corrected chi connectivity index (χ3v) is 4.24. The van der Waals surface area contributed by atoms with Gasteiger partial charge < -0.3 is 20.1 Å². The van der Waals surface area contributed by atoms with E-state index >= 15 is 0 Å². The monoisotopic (exact) mass is 394 g/mol. The molecule has 150 valence electrons. The average Bonchev–Trinajstić information content (AvgIpc) is 3.19. The van der Waals surface area contributed by atoms with E-state index in [9.17, 15) is 18.0 Å². The standard InChI is InChI=1S/C20H21F3N2O3/c21-20(22,23)14-3-1-4-16(11-14)25-19(26)12-24-15-6-8-17(9-7-15)28-13-18-5-2-10-27-18/h1,3-4,6-9,11,18,24H,2,5,10,12-13H2,(H,25,26). The fraction of sp³-hybridized carbons (Fsp3) is 0.350. The number of amides is 1. The SMILES string of the molecule is O=C(CNc1ccc(OCC2CCCO2)cc1)Nc1cccc(C(F)(F)F)c1. The maximum atomic E-state index is 12.7. The number of alkyl halides is 3. The van der Waals surface area contributed by atoms with Crippen molar-refractivity contribution in [1.82, 2.24) is 0 Å². The Morgan fingerprint density at radius 2 is 1.93 bits per heavy atom. The molecular formula is C20H21F3N2O3. The van der Waals surface area contributed by atoms with Crippen molar-refractivity contribution in [2.24, 2.45) is 0 Å². The quantitative estimate of drug-likeness (QED) is 0.735. The summed E-state index contributed by atoms with van der Waals surface area (Å²) in [4.78, 5) is 12.0. The van der Waals surface area contributed by atoms with Gasteiger partial charge in [-0.05, 0) is 55.3 Å². The number of benzene rings is 2. The van der Waals surface area contributed by atoms with Crippen LogP contribution in [0.25, 0.3) is 0 Å². The van der Waals surface area contributed by atoms with Gasteiger partial charge >= 0.3 is 6.18 Å². The first-order valence-corrected chi connectivity index (χ1v) is 8.95. The van der Waals surface area contributed by atoms with Crippen LogP contribution in [-0.4, -0.2) is 31.8 Å². The fourth-order valence-electron chi connectivity index (χ4n) is 2.79. The lowest BCUT2D eigenvalue weighted by atomic mass is 10.2. The summed E-state index contributed by atoms with van der Waals surface area (Å²) in [6.45, 7) is 1.21. The highest BCUT2D eigenvalue weighted by Crippen LogP contribution is 2.30. The molecule has 28 heavy (non-hydrogen) atoms. The molecule has 1 aliphatic heterocycles. The van der Waals surface area contributed by atoms with Crippen LogP contribution in [0.15, 0.2) is 48.5 Å². The van der Waals surface area contributed by atoms with Crippen molar-refractivity contribution in [3.05, 3.63) is 54.1 Å². The van der Waals surface area contributed by atoms with Crippen molar-refractivity contribution in [2.45, 2.75) is 25.1 Å². The fourth-order valence-corrected chi connectivity index (χ4v) is 2.79. The molecule has 0 bridgehead atoms. The second-order valence-corrected chi connectivity index (χ2v) is 6.45. The van der Waals surface area contributed by atoms with Gasteiger partial charge in [-0.3, -0.25) is 4.79 Å². The number of hydrogen-bond acceptors (Lipinski definition) is 4. The number of halogens is 3. The number of ether oxygens (including phenoxy) is 2. The van der Waals surface area contributed by atoms with Crippen LogP contribution in [0.4, 0.5) is 24.5 Å². The normalized spacial score (nSPS) is 16.6. The van der Waals surface area contributed by atoms with Crippen molar-refractivity contribution in [3.8, 4) is 5.75 Å². The van der Waals surface area contributed by atoms with Crippen molar-refractivity contribution in [1.29, 1.82) is 0 Å². The lowest BCUT2D eigenvalue weighted by Crippen LogP contribution is -2.22. The molecule has 1 fully saturated rings. The molecule has 1 unspecified atom stereocenters. The van der Waals surface area contributed by atoms with Crippen LogP contribution < -0.4 is 15.4 Å². The molecule has 5 nitrogen and oxygen atoms in total. The molecule has 8 heteroatoms. The highest BCUT2D eigenvalue weighted by atomic mass is 19.4.